The SMILES string of the molecule is CC(C)CCCC(C)NC(=O)C(C)n1nnc2ccccc2c1=O. The largest absolute Gasteiger partial charge is 0.352 e. The van der Waals surface area contributed by atoms with Gasteiger partial charge in [-0.05, 0) is 38.3 Å². The highest BCUT2D eigenvalue weighted by Crippen LogP contribution is 2.10. The lowest BCUT2D eigenvalue weighted by molar-refractivity contribution is -0.124. The summed E-state index contributed by atoms with van der Waals surface area (Å²) in [5.41, 5.74) is 0.240. The molecule has 0 aliphatic heterocycles. The predicted octanol–water partition coefficient (Wildman–Crippen LogP) is 2.68. The van der Waals surface area contributed by atoms with Gasteiger partial charge in [0.25, 0.3) is 5.56 Å². The zero-order chi connectivity index (χ0) is 17.7. The Labute approximate surface area is 142 Å². The van der Waals surface area contributed by atoms with Crippen LogP contribution in [-0.2, 0) is 4.79 Å². The fraction of sp³-hybridized carbons (Fsp3) is 0.556. The highest BCUT2D eigenvalue weighted by molar-refractivity contribution is 5.81. The van der Waals surface area contributed by atoms with Gasteiger partial charge in [-0.25, -0.2) is 0 Å². The van der Waals surface area contributed by atoms with Gasteiger partial charge in [0.1, 0.15) is 11.6 Å². The molecular formula is C18H26N4O2. The number of benzene rings is 1. The van der Waals surface area contributed by atoms with E-state index in [0.717, 1.165) is 23.9 Å². The summed E-state index contributed by atoms with van der Waals surface area (Å²) in [6.07, 6.45) is 3.14. The predicted molar refractivity (Wildman–Crippen MR) is 94.8 cm³/mol. The normalized spacial score (nSPS) is 13.9. The average Bonchev–Trinajstić information content (AvgIpc) is 2.54. The summed E-state index contributed by atoms with van der Waals surface area (Å²) in [4.78, 5) is 24.9. The Hall–Kier alpha value is -2.24. The second kappa shape index (κ2) is 8.04. The van der Waals surface area contributed by atoms with Crippen molar-refractivity contribution >= 4 is 16.8 Å². The lowest BCUT2D eigenvalue weighted by Gasteiger charge is -2.18. The molecule has 1 N–H and O–H groups in total. The molecule has 2 rings (SSSR count). The molecule has 0 bridgehead atoms. The summed E-state index contributed by atoms with van der Waals surface area (Å²) < 4.78 is 1.15. The topological polar surface area (TPSA) is 76.9 Å². The van der Waals surface area contributed by atoms with Crippen LogP contribution in [0.4, 0.5) is 0 Å². The summed E-state index contributed by atoms with van der Waals surface area (Å²) in [6.45, 7) is 8.03. The third kappa shape index (κ3) is 4.40. The highest BCUT2D eigenvalue weighted by Gasteiger charge is 2.20. The monoisotopic (exact) mass is 330 g/mol. The average molecular weight is 330 g/mol. The Balaban J connectivity index is 2.05. The number of carbonyl (C=O) groups excluding carboxylic acids is 1. The zero-order valence-electron chi connectivity index (χ0n) is 14.8. The third-order valence-electron chi connectivity index (χ3n) is 4.14. The number of hydrogen-bond acceptors (Lipinski definition) is 4. The molecule has 0 spiro atoms. The summed E-state index contributed by atoms with van der Waals surface area (Å²) in [7, 11) is 0. The molecule has 130 valence electrons. The van der Waals surface area contributed by atoms with Gasteiger partial charge in [-0.2, -0.15) is 4.68 Å². The lowest BCUT2D eigenvalue weighted by atomic mass is 10.0. The first-order valence-electron chi connectivity index (χ1n) is 8.54. The van der Waals surface area contributed by atoms with Crippen LogP contribution in [0.5, 0.6) is 0 Å². The van der Waals surface area contributed by atoms with Crippen LogP contribution >= 0.6 is 0 Å². The minimum atomic E-state index is -0.692. The number of rotatable bonds is 7. The molecule has 0 radical (unpaired) electrons. The van der Waals surface area contributed by atoms with E-state index in [1.807, 2.05) is 6.92 Å². The van der Waals surface area contributed by atoms with Gasteiger partial charge >= 0.3 is 0 Å². The van der Waals surface area contributed by atoms with E-state index < -0.39 is 6.04 Å². The number of aromatic nitrogens is 3. The Kier molecular flexibility index (Phi) is 6.06. The lowest BCUT2D eigenvalue weighted by Crippen LogP contribution is -2.41. The van der Waals surface area contributed by atoms with Gasteiger partial charge in [0, 0.05) is 6.04 Å². The quantitative estimate of drug-likeness (QED) is 0.847. The van der Waals surface area contributed by atoms with Gasteiger partial charge in [-0.1, -0.05) is 44.0 Å². The highest BCUT2D eigenvalue weighted by atomic mass is 16.2. The zero-order valence-corrected chi connectivity index (χ0v) is 14.8. The maximum absolute atomic E-state index is 12.5. The van der Waals surface area contributed by atoms with Crippen LogP contribution in [0.1, 0.15) is 53.0 Å². The van der Waals surface area contributed by atoms with E-state index in [0.29, 0.717) is 16.8 Å². The van der Waals surface area contributed by atoms with Gasteiger partial charge in [0.15, 0.2) is 0 Å². The van der Waals surface area contributed by atoms with Crippen LogP contribution in [0.2, 0.25) is 0 Å². The molecule has 2 unspecified atom stereocenters. The second-order valence-corrected chi connectivity index (χ2v) is 6.77. The minimum absolute atomic E-state index is 0.0721. The molecule has 0 aliphatic rings. The van der Waals surface area contributed by atoms with E-state index in [4.69, 9.17) is 0 Å². The summed E-state index contributed by atoms with van der Waals surface area (Å²) in [5, 5.41) is 11.4. The Bertz CT molecular complexity index is 754. The van der Waals surface area contributed by atoms with Gasteiger partial charge in [-0.15, -0.1) is 5.10 Å². The Morgan fingerprint density at radius 2 is 1.88 bits per heavy atom. The van der Waals surface area contributed by atoms with Crippen molar-refractivity contribution in [2.24, 2.45) is 5.92 Å². The van der Waals surface area contributed by atoms with Crippen LogP contribution in [0.3, 0.4) is 0 Å². The number of fused-ring (bicyclic) bond motifs is 1. The molecule has 1 amide bonds. The van der Waals surface area contributed by atoms with Crippen molar-refractivity contribution in [1.82, 2.24) is 20.3 Å². The number of nitrogens with one attached hydrogen (secondary N) is 1. The summed E-state index contributed by atoms with van der Waals surface area (Å²) in [5.74, 6) is 0.456. The van der Waals surface area contributed by atoms with Crippen molar-refractivity contribution in [1.29, 1.82) is 0 Å². The molecule has 0 saturated carbocycles. The molecule has 0 saturated heterocycles. The van der Waals surface area contributed by atoms with Crippen LogP contribution in [-0.4, -0.2) is 26.9 Å². The summed E-state index contributed by atoms with van der Waals surface area (Å²) >= 11 is 0. The first kappa shape index (κ1) is 18.1. The minimum Gasteiger partial charge on any atom is -0.352 e. The van der Waals surface area contributed by atoms with E-state index in [-0.39, 0.29) is 17.5 Å². The van der Waals surface area contributed by atoms with Crippen molar-refractivity contribution < 1.29 is 4.79 Å². The molecule has 2 atom stereocenters. The van der Waals surface area contributed by atoms with E-state index in [2.05, 4.69) is 29.5 Å². The Morgan fingerprint density at radius 3 is 2.58 bits per heavy atom. The van der Waals surface area contributed by atoms with Gasteiger partial charge in [-0.3, -0.25) is 9.59 Å². The molecular weight excluding hydrogens is 304 g/mol. The van der Waals surface area contributed by atoms with Crippen molar-refractivity contribution in [3.05, 3.63) is 34.6 Å². The fourth-order valence-corrected chi connectivity index (χ4v) is 2.63. The first-order valence-corrected chi connectivity index (χ1v) is 8.54. The molecule has 6 nitrogen and oxygen atoms in total. The van der Waals surface area contributed by atoms with E-state index in [1.54, 1.807) is 31.2 Å². The van der Waals surface area contributed by atoms with Crippen molar-refractivity contribution in [2.75, 3.05) is 0 Å². The number of amides is 1. The maximum Gasteiger partial charge on any atom is 0.278 e. The molecule has 0 fully saturated rings. The standard InChI is InChI=1S/C18H26N4O2/c1-12(2)8-7-9-13(3)19-17(23)14(4)22-18(24)15-10-5-6-11-16(15)20-21-22/h5-6,10-14H,7-9H2,1-4H3,(H,19,23). The van der Waals surface area contributed by atoms with Crippen molar-refractivity contribution in [2.45, 2.75) is 59.0 Å². The fourth-order valence-electron chi connectivity index (χ4n) is 2.63. The van der Waals surface area contributed by atoms with Crippen molar-refractivity contribution in [3.8, 4) is 0 Å². The van der Waals surface area contributed by atoms with E-state index >= 15 is 0 Å². The third-order valence-corrected chi connectivity index (χ3v) is 4.14. The molecule has 1 heterocycles. The van der Waals surface area contributed by atoms with Crippen LogP contribution in [0.25, 0.3) is 10.9 Å². The van der Waals surface area contributed by atoms with Gasteiger partial charge in [0.05, 0.1) is 5.39 Å². The van der Waals surface area contributed by atoms with Crippen LogP contribution < -0.4 is 10.9 Å². The van der Waals surface area contributed by atoms with Gasteiger partial charge in [0.2, 0.25) is 5.91 Å². The molecule has 1 aromatic heterocycles. The number of hydrogen-bond donors (Lipinski definition) is 1. The summed E-state index contributed by atoms with van der Waals surface area (Å²) in [6, 6.07) is 6.38. The van der Waals surface area contributed by atoms with Crippen LogP contribution in [0, 0.1) is 5.92 Å². The molecule has 24 heavy (non-hydrogen) atoms. The molecule has 2 aromatic rings. The number of nitrogens with zero attached hydrogens (tertiary/aromatic N) is 3. The van der Waals surface area contributed by atoms with E-state index in [1.165, 1.54) is 0 Å². The van der Waals surface area contributed by atoms with Crippen molar-refractivity contribution in [3.63, 3.8) is 0 Å². The van der Waals surface area contributed by atoms with Gasteiger partial charge < -0.3 is 5.32 Å². The van der Waals surface area contributed by atoms with E-state index in [9.17, 15) is 9.59 Å². The molecule has 0 aliphatic carbocycles. The van der Waals surface area contributed by atoms with Crippen LogP contribution in [0.15, 0.2) is 29.1 Å². The first-order chi connectivity index (χ1) is 11.4. The maximum atomic E-state index is 12.5. The smallest absolute Gasteiger partial charge is 0.278 e. The number of carbonyl (C=O) groups is 1. The Morgan fingerprint density at radius 1 is 1.17 bits per heavy atom. The second-order valence-electron chi connectivity index (χ2n) is 6.77. The molecule has 1 aromatic carbocycles. The molecule has 6 heteroatoms.